The van der Waals surface area contributed by atoms with E-state index in [1.807, 2.05) is 25.3 Å². The summed E-state index contributed by atoms with van der Waals surface area (Å²) < 4.78 is 7.45. The number of nitriles is 1. The highest BCUT2D eigenvalue weighted by Gasteiger charge is 2.39. The number of ether oxygens (including phenoxy) is 1. The number of piperidine rings is 1. The second-order valence-electron chi connectivity index (χ2n) is 12.4. The summed E-state index contributed by atoms with van der Waals surface area (Å²) in [4.78, 5) is 22.7. The topological polar surface area (TPSA) is 98.8 Å². The van der Waals surface area contributed by atoms with Crippen LogP contribution in [-0.2, 0) is 4.79 Å². The molecule has 2 aliphatic rings. The summed E-state index contributed by atoms with van der Waals surface area (Å²) in [6.07, 6.45) is 10.0. The van der Waals surface area contributed by atoms with Gasteiger partial charge in [0.25, 0.3) is 0 Å². The molecule has 3 aromatic rings. The molecule has 3 aromatic heterocycles. The van der Waals surface area contributed by atoms with Crippen LogP contribution >= 0.6 is 0 Å². The Morgan fingerprint density at radius 2 is 1.90 bits per heavy atom. The fourth-order valence-corrected chi connectivity index (χ4v) is 6.05. The number of anilines is 1. The highest BCUT2D eigenvalue weighted by Crippen LogP contribution is 2.33. The first-order valence-corrected chi connectivity index (χ1v) is 14.5. The van der Waals surface area contributed by atoms with Crippen molar-refractivity contribution in [1.82, 2.24) is 24.8 Å². The number of nitrogens with one attached hydrogen (secondary N) is 1. The Kier molecular flexibility index (Phi) is 7.99. The van der Waals surface area contributed by atoms with Crippen LogP contribution in [0.15, 0.2) is 36.8 Å². The molecule has 0 saturated carbocycles. The molecule has 212 valence electrons. The number of pyridine rings is 2. The van der Waals surface area contributed by atoms with Crippen LogP contribution < -0.4 is 15.0 Å². The van der Waals surface area contributed by atoms with Crippen LogP contribution in [0.2, 0.25) is 0 Å². The van der Waals surface area contributed by atoms with Gasteiger partial charge >= 0.3 is 0 Å². The summed E-state index contributed by atoms with van der Waals surface area (Å²) in [5.41, 5.74) is 2.79. The lowest BCUT2D eigenvalue weighted by molar-refractivity contribution is -0.125. The first-order valence-electron chi connectivity index (χ1n) is 14.5. The van der Waals surface area contributed by atoms with E-state index in [-0.39, 0.29) is 16.9 Å². The Morgan fingerprint density at radius 1 is 1.15 bits per heavy atom. The van der Waals surface area contributed by atoms with Crippen molar-refractivity contribution in [3.8, 4) is 22.9 Å². The monoisotopic (exact) mass is 543 g/mol. The molecule has 0 bridgehead atoms. The molecule has 0 aromatic carbocycles. The summed E-state index contributed by atoms with van der Waals surface area (Å²) in [6.45, 7) is 13.7. The molecule has 0 radical (unpaired) electrons. The van der Waals surface area contributed by atoms with Crippen molar-refractivity contribution in [3.05, 3.63) is 42.4 Å². The van der Waals surface area contributed by atoms with E-state index < -0.39 is 0 Å². The van der Waals surface area contributed by atoms with E-state index in [1.54, 1.807) is 16.9 Å². The fraction of sp³-hybridized carbons (Fsp3) is 0.548. The molecule has 1 N–H and O–H groups in total. The minimum atomic E-state index is -0.204. The van der Waals surface area contributed by atoms with Crippen LogP contribution in [0.4, 0.5) is 5.82 Å². The van der Waals surface area contributed by atoms with Gasteiger partial charge in [0.1, 0.15) is 17.6 Å². The highest BCUT2D eigenvalue weighted by molar-refractivity contribution is 5.85. The molecular formula is C31H41N7O2. The van der Waals surface area contributed by atoms with E-state index in [0.717, 1.165) is 68.0 Å². The van der Waals surface area contributed by atoms with E-state index in [4.69, 9.17) is 9.72 Å². The van der Waals surface area contributed by atoms with Gasteiger partial charge < -0.3 is 19.9 Å². The Balaban J connectivity index is 1.33. The molecule has 2 saturated heterocycles. The lowest BCUT2D eigenvalue weighted by atomic mass is 9.85. The minimum Gasteiger partial charge on any atom is -0.492 e. The minimum absolute atomic E-state index is 0.0377. The van der Waals surface area contributed by atoms with Crippen molar-refractivity contribution in [3.63, 3.8) is 0 Å². The predicted octanol–water partition coefficient (Wildman–Crippen LogP) is 4.65. The third kappa shape index (κ3) is 6.23. The van der Waals surface area contributed by atoms with Gasteiger partial charge in [0.2, 0.25) is 5.91 Å². The van der Waals surface area contributed by atoms with Crippen LogP contribution in [0.5, 0.6) is 5.75 Å². The third-order valence-electron chi connectivity index (χ3n) is 7.94. The van der Waals surface area contributed by atoms with Gasteiger partial charge in [-0.1, -0.05) is 20.8 Å². The quantitative estimate of drug-likeness (QED) is 0.441. The summed E-state index contributed by atoms with van der Waals surface area (Å²) in [7, 11) is 0. The normalized spacial score (nSPS) is 17.6. The first kappa shape index (κ1) is 27.9. The molecule has 0 aliphatic carbocycles. The molecule has 9 heteroatoms. The number of aromatic nitrogens is 3. The molecule has 2 aliphatic heterocycles. The van der Waals surface area contributed by atoms with Gasteiger partial charge in [0, 0.05) is 43.4 Å². The van der Waals surface area contributed by atoms with Crippen LogP contribution in [0.1, 0.15) is 65.4 Å². The SMILES string of the molecule is CCOc1cc(-c2ccc(N3CCC(CN4CCCC4)(NC(=O)CC(C)(C)C)CC3)nc2)c2c(C#N)cnn2c1. The first-order chi connectivity index (χ1) is 19.2. The average molecular weight is 544 g/mol. The van der Waals surface area contributed by atoms with Gasteiger partial charge in [-0.15, -0.1) is 0 Å². The third-order valence-corrected chi connectivity index (χ3v) is 7.94. The number of carbonyl (C=O) groups excluding carboxylic acids is 1. The fourth-order valence-electron chi connectivity index (χ4n) is 6.05. The maximum absolute atomic E-state index is 13.0. The van der Waals surface area contributed by atoms with E-state index >= 15 is 0 Å². The van der Waals surface area contributed by atoms with E-state index in [9.17, 15) is 10.1 Å². The van der Waals surface area contributed by atoms with Crippen molar-refractivity contribution in [2.24, 2.45) is 5.41 Å². The summed E-state index contributed by atoms with van der Waals surface area (Å²) in [5, 5.41) is 17.5. The van der Waals surface area contributed by atoms with Crippen molar-refractivity contribution >= 4 is 17.2 Å². The zero-order valence-electron chi connectivity index (χ0n) is 24.2. The molecule has 2 fully saturated rings. The van der Waals surface area contributed by atoms with Gasteiger partial charge in [-0.2, -0.15) is 10.4 Å². The van der Waals surface area contributed by atoms with Gasteiger partial charge in [-0.05, 0) is 69.3 Å². The molecule has 0 spiro atoms. The van der Waals surface area contributed by atoms with Crippen LogP contribution in [0.3, 0.4) is 0 Å². The maximum Gasteiger partial charge on any atom is 0.220 e. The lowest BCUT2D eigenvalue weighted by Crippen LogP contribution is -2.60. The van der Waals surface area contributed by atoms with Crippen LogP contribution in [-0.4, -0.2) is 70.3 Å². The molecule has 9 nitrogen and oxygen atoms in total. The zero-order chi connectivity index (χ0) is 28.3. The predicted molar refractivity (Wildman–Crippen MR) is 156 cm³/mol. The molecule has 5 heterocycles. The number of hydrogen-bond donors (Lipinski definition) is 1. The lowest BCUT2D eigenvalue weighted by Gasteiger charge is -2.45. The summed E-state index contributed by atoms with van der Waals surface area (Å²) >= 11 is 0. The van der Waals surface area contributed by atoms with Gasteiger partial charge in [-0.3, -0.25) is 4.79 Å². The standard InChI is InChI=1S/C31H41N7O2/c1-5-40-25-16-26(29-24(18-32)20-34-38(29)21-25)23-8-9-27(33-19-23)37-14-10-31(11-15-37,22-36-12-6-7-13-36)35-28(39)17-30(2,3)4/h8-9,16,19-21H,5-7,10-15,17,22H2,1-4H3,(H,35,39). The smallest absolute Gasteiger partial charge is 0.220 e. The Morgan fingerprint density at radius 3 is 2.52 bits per heavy atom. The van der Waals surface area contributed by atoms with Crippen molar-refractivity contribution in [2.75, 3.05) is 44.2 Å². The van der Waals surface area contributed by atoms with E-state index in [1.165, 1.54) is 12.8 Å². The second-order valence-corrected chi connectivity index (χ2v) is 12.4. The van der Waals surface area contributed by atoms with E-state index in [0.29, 0.717) is 24.3 Å². The molecule has 40 heavy (non-hydrogen) atoms. The van der Waals surface area contributed by atoms with Crippen molar-refractivity contribution in [2.45, 2.75) is 65.3 Å². The number of rotatable bonds is 8. The number of hydrogen-bond acceptors (Lipinski definition) is 7. The largest absolute Gasteiger partial charge is 0.492 e. The van der Waals surface area contributed by atoms with Gasteiger partial charge in [0.05, 0.1) is 35.6 Å². The number of nitrogens with zero attached hydrogens (tertiary/aromatic N) is 6. The van der Waals surface area contributed by atoms with Crippen molar-refractivity contribution in [1.29, 1.82) is 5.26 Å². The average Bonchev–Trinajstić information content (AvgIpc) is 3.57. The van der Waals surface area contributed by atoms with Crippen LogP contribution in [0.25, 0.3) is 16.6 Å². The van der Waals surface area contributed by atoms with E-state index in [2.05, 4.69) is 53.1 Å². The second kappa shape index (κ2) is 11.5. The Labute approximate surface area is 237 Å². The number of carbonyl (C=O) groups is 1. The molecule has 0 atom stereocenters. The molecule has 0 unspecified atom stereocenters. The van der Waals surface area contributed by atoms with Crippen LogP contribution in [0, 0.1) is 16.7 Å². The van der Waals surface area contributed by atoms with Gasteiger partial charge in [-0.25, -0.2) is 9.50 Å². The highest BCUT2D eigenvalue weighted by atomic mass is 16.5. The van der Waals surface area contributed by atoms with Crippen molar-refractivity contribution < 1.29 is 9.53 Å². The Hall–Kier alpha value is -3.64. The Bertz CT molecular complexity index is 1370. The number of likely N-dealkylation sites (tertiary alicyclic amines) is 1. The molecule has 5 rings (SSSR count). The maximum atomic E-state index is 13.0. The number of amides is 1. The number of fused-ring (bicyclic) bond motifs is 1. The summed E-state index contributed by atoms with van der Waals surface area (Å²) in [5.74, 6) is 1.77. The zero-order valence-corrected chi connectivity index (χ0v) is 24.2. The van der Waals surface area contributed by atoms with Gasteiger partial charge in [0.15, 0.2) is 0 Å². The summed E-state index contributed by atoms with van der Waals surface area (Å²) in [6, 6.07) is 8.30. The molecule has 1 amide bonds. The molecular weight excluding hydrogens is 502 g/mol.